The van der Waals surface area contributed by atoms with Gasteiger partial charge in [0.25, 0.3) is 0 Å². The Morgan fingerprint density at radius 2 is 1.83 bits per heavy atom. The third-order valence-electron chi connectivity index (χ3n) is 5.91. The number of hydrogen-bond acceptors (Lipinski definition) is 3. The molecule has 2 aromatic rings. The number of rotatable bonds is 5. The number of carbonyl (C=O) groups excluding carboxylic acids is 1. The minimum absolute atomic E-state index is 0.160. The summed E-state index contributed by atoms with van der Waals surface area (Å²) in [5, 5.41) is 3.50. The molecule has 7 heteroatoms. The molecule has 2 aliphatic rings. The Morgan fingerprint density at radius 1 is 1.10 bits per heavy atom. The highest BCUT2D eigenvalue weighted by molar-refractivity contribution is 7.89. The smallest absolute Gasteiger partial charge is 0.243 e. The van der Waals surface area contributed by atoms with Crippen molar-refractivity contribution in [2.75, 3.05) is 6.54 Å². The first kappa shape index (κ1) is 20.4. The summed E-state index contributed by atoms with van der Waals surface area (Å²) in [5.74, 6) is -0.243. The predicted octanol–water partition coefficient (Wildman–Crippen LogP) is 3.86. The normalized spacial score (nSPS) is 20.4. The minimum atomic E-state index is -3.74. The van der Waals surface area contributed by atoms with E-state index in [-0.39, 0.29) is 16.8 Å². The van der Waals surface area contributed by atoms with Gasteiger partial charge in [0.1, 0.15) is 6.04 Å². The van der Waals surface area contributed by atoms with Crippen molar-refractivity contribution < 1.29 is 13.2 Å². The molecule has 2 atom stereocenters. The van der Waals surface area contributed by atoms with Crippen molar-refractivity contribution in [2.45, 2.75) is 56.0 Å². The zero-order chi connectivity index (χ0) is 20.6. The highest BCUT2D eigenvalue weighted by Crippen LogP contribution is 2.29. The number of sulfonamides is 1. The van der Waals surface area contributed by atoms with Crippen LogP contribution in [0.25, 0.3) is 0 Å². The van der Waals surface area contributed by atoms with Crippen molar-refractivity contribution in [2.24, 2.45) is 0 Å². The van der Waals surface area contributed by atoms with Gasteiger partial charge in [-0.05, 0) is 80.0 Å². The summed E-state index contributed by atoms with van der Waals surface area (Å²) < 4.78 is 27.4. The van der Waals surface area contributed by atoms with E-state index in [9.17, 15) is 13.2 Å². The van der Waals surface area contributed by atoms with Gasteiger partial charge in [-0.2, -0.15) is 4.31 Å². The van der Waals surface area contributed by atoms with Gasteiger partial charge < -0.3 is 5.32 Å². The zero-order valence-electron chi connectivity index (χ0n) is 16.4. The average Bonchev–Trinajstić information content (AvgIpc) is 3.37. The van der Waals surface area contributed by atoms with Gasteiger partial charge in [-0.1, -0.05) is 29.8 Å². The maximum Gasteiger partial charge on any atom is 0.243 e. The molecule has 4 rings (SSSR count). The van der Waals surface area contributed by atoms with E-state index in [1.165, 1.54) is 34.0 Å². The van der Waals surface area contributed by atoms with E-state index in [1.807, 2.05) is 6.92 Å². The zero-order valence-corrected chi connectivity index (χ0v) is 18.0. The maximum absolute atomic E-state index is 13.0. The van der Waals surface area contributed by atoms with Crippen LogP contribution >= 0.6 is 11.6 Å². The number of carbonyl (C=O) groups is 1. The Bertz CT molecular complexity index is 1020. The minimum Gasteiger partial charge on any atom is -0.348 e. The lowest BCUT2D eigenvalue weighted by Crippen LogP contribution is -2.46. The van der Waals surface area contributed by atoms with Crippen LogP contribution < -0.4 is 5.32 Å². The fourth-order valence-electron chi connectivity index (χ4n) is 4.29. The summed E-state index contributed by atoms with van der Waals surface area (Å²) in [6, 6.07) is 11.6. The second-order valence-electron chi connectivity index (χ2n) is 7.84. The molecule has 0 aromatic heterocycles. The fourth-order valence-corrected chi connectivity index (χ4v) is 6.07. The van der Waals surface area contributed by atoms with Gasteiger partial charge in [0.2, 0.25) is 15.9 Å². The number of hydrogen-bond donors (Lipinski definition) is 1. The van der Waals surface area contributed by atoms with E-state index >= 15 is 0 Å². The molecule has 0 unspecified atom stereocenters. The molecule has 0 saturated carbocycles. The molecule has 1 aliphatic heterocycles. The molecule has 154 valence electrons. The summed E-state index contributed by atoms with van der Waals surface area (Å²) >= 11 is 5.88. The van der Waals surface area contributed by atoms with Gasteiger partial charge in [-0.3, -0.25) is 4.79 Å². The predicted molar refractivity (Wildman–Crippen MR) is 113 cm³/mol. The van der Waals surface area contributed by atoms with Crippen molar-refractivity contribution in [3.8, 4) is 0 Å². The SMILES string of the molecule is C[C@@H](NC(=O)[C@H]1CCCN1S(=O)(=O)c1ccc(Cl)cc1)c1ccc2c(c1)CCC2. The molecule has 1 fully saturated rings. The summed E-state index contributed by atoms with van der Waals surface area (Å²) in [6.07, 6.45) is 4.57. The molecule has 0 bridgehead atoms. The second-order valence-corrected chi connectivity index (χ2v) is 10.2. The number of amides is 1. The molecule has 1 saturated heterocycles. The van der Waals surface area contributed by atoms with Gasteiger partial charge in [0, 0.05) is 11.6 Å². The van der Waals surface area contributed by atoms with Gasteiger partial charge in [-0.15, -0.1) is 0 Å². The van der Waals surface area contributed by atoms with Crippen LogP contribution in [0.1, 0.15) is 48.9 Å². The molecule has 1 aliphatic carbocycles. The molecule has 0 spiro atoms. The molecule has 1 heterocycles. The molecule has 5 nitrogen and oxygen atoms in total. The van der Waals surface area contributed by atoms with E-state index in [1.54, 1.807) is 12.1 Å². The highest BCUT2D eigenvalue weighted by Gasteiger charge is 2.39. The summed E-state index contributed by atoms with van der Waals surface area (Å²) in [7, 11) is -3.74. The molecule has 0 radical (unpaired) electrons. The number of benzene rings is 2. The highest BCUT2D eigenvalue weighted by atomic mass is 35.5. The quantitative estimate of drug-likeness (QED) is 0.780. The summed E-state index contributed by atoms with van der Waals surface area (Å²) in [6.45, 7) is 2.29. The van der Waals surface area contributed by atoms with Gasteiger partial charge in [0.05, 0.1) is 10.9 Å². The van der Waals surface area contributed by atoms with Crippen LogP contribution in [0.2, 0.25) is 5.02 Å². The van der Waals surface area contributed by atoms with Crippen molar-refractivity contribution >= 4 is 27.5 Å². The number of halogens is 1. The lowest BCUT2D eigenvalue weighted by Gasteiger charge is -2.25. The lowest BCUT2D eigenvalue weighted by atomic mass is 10.0. The lowest BCUT2D eigenvalue weighted by molar-refractivity contribution is -0.124. The molecule has 1 amide bonds. The van der Waals surface area contributed by atoms with E-state index in [0.29, 0.717) is 24.4 Å². The van der Waals surface area contributed by atoms with Crippen molar-refractivity contribution in [1.82, 2.24) is 9.62 Å². The first-order valence-corrected chi connectivity index (χ1v) is 11.9. The Labute approximate surface area is 177 Å². The Kier molecular flexibility index (Phi) is 5.69. The van der Waals surface area contributed by atoms with Crippen molar-refractivity contribution in [3.63, 3.8) is 0 Å². The number of aryl methyl sites for hydroxylation is 2. The van der Waals surface area contributed by atoms with Gasteiger partial charge >= 0.3 is 0 Å². The Balaban J connectivity index is 1.49. The monoisotopic (exact) mass is 432 g/mol. The van der Waals surface area contributed by atoms with E-state index in [2.05, 4.69) is 23.5 Å². The van der Waals surface area contributed by atoms with Crippen molar-refractivity contribution in [3.05, 3.63) is 64.2 Å². The van der Waals surface area contributed by atoms with Crippen molar-refractivity contribution in [1.29, 1.82) is 0 Å². The van der Waals surface area contributed by atoms with Crippen LogP contribution in [0.3, 0.4) is 0 Å². The average molecular weight is 433 g/mol. The van der Waals surface area contributed by atoms with E-state index in [4.69, 9.17) is 11.6 Å². The van der Waals surface area contributed by atoms with Crippen LogP contribution in [-0.4, -0.2) is 31.2 Å². The van der Waals surface area contributed by atoms with Gasteiger partial charge in [-0.25, -0.2) is 8.42 Å². The second kappa shape index (κ2) is 8.09. The third kappa shape index (κ3) is 4.06. The molecule has 2 aromatic carbocycles. The standard InChI is InChI=1S/C22H25ClN2O3S/c1-15(17-8-7-16-4-2-5-18(16)14-17)24-22(26)21-6-3-13-25(21)29(27,28)20-11-9-19(23)10-12-20/h7-12,14-15,21H,2-6,13H2,1H3,(H,24,26)/t15-,21-/m1/s1. The van der Waals surface area contributed by atoms with Crippen LogP contribution in [0.15, 0.2) is 47.4 Å². The fraction of sp³-hybridized carbons (Fsp3) is 0.409. The van der Waals surface area contributed by atoms with Crippen LogP contribution in [0.4, 0.5) is 0 Å². The Morgan fingerprint density at radius 3 is 2.59 bits per heavy atom. The maximum atomic E-state index is 13.0. The first-order chi connectivity index (χ1) is 13.9. The van der Waals surface area contributed by atoms with Crippen LogP contribution in [-0.2, 0) is 27.7 Å². The number of nitrogens with one attached hydrogen (secondary N) is 1. The first-order valence-electron chi connectivity index (χ1n) is 10.1. The number of nitrogens with zero attached hydrogens (tertiary/aromatic N) is 1. The topological polar surface area (TPSA) is 66.5 Å². The van der Waals surface area contributed by atoms with Gasteiger partial charge in [0.15, 0.2) is 0 Å². The van der Waals surface area contributed by atoms with E-state index in [0.717, 1.165) is 18.4 Å². The largest absolute Gasteiger partial charge is 0.348 e. The summed E-state index contributed by atoms with van der Waals surface area (Å²) in [5.41, 5.74) is 3.81. The van der Waals surface area contributed by atoms with Crippen LogP contribution in [0, 0.1) is 0 Å². The summed E-state index contributed by atoms with van der Waals surface area (Å²) in [4.78, 5) is 13.1. The van der Waals surface area contributed by atoms with Crippen LogP contribution in [0.5, 0.6) is 0 Å². The van der Waals surface area contributed by atoms with E-state index < -0.39 is 16.1 Å². The molecule has 1 N–H and O–H groups in total. The molecule has 29 heavy (non-hydrogen) atoms. The third-order valence-corrected chi connectivity index (χ3v) is 8.08. The Hall–Kier alpha value is -1.89. The number of fused-ring (bicyclic) bond motifs is 1. The molecular formula is C22H25ClN2O3S. The molecular weight excluding hydrogens is 408 g/mol.